The van der Waals surface area contributed by atoms with Crippen molar-refractivity contribution in [2.75, 3.05) is 18.9 Å². The third kappa shape index (κ3) is 4.36. The molecular weight excluding hydrogens is 320 g/mol. The van der Waals surface area contributed by atoms with E-state index in [4.69, 9.17) is 4.52 Å². The maximum Gasteiger partial charge on any atom is 0.321 e. The van der Waals surface area contributed by atoms with E-state index in [9.17, 15) is 9.90 Å². The van der Waals surface area contributed by atoms with E-state index < -0.39 is 6.10 Å². The predicted octanol–water partition coefficient (Wildman–Crippen LogP) is 3.09. The monoisotopic (exact) mass is 344 g/mol. The van der Waals surface area contributed by atoms with E-state index in [0.717, 1.165) is 18.4 Å². The Labute approximate surface area is 147 Å². The predicted molar refractivity (Wildman–Crippen MR) is 94.2 cm³/mol. The highest BCUT2D eigenvalue weighted by atomic mass is 16.5. The van der Waals surface area contributed by atoms with Gasteiger partial charge < -0.3 is 19.8 Å². The minimum Gasteiger partial charge on any atom is -0.391 e. The molecule has 1 fully saturated rings. The molecule has 134 valence electrons. The normalized spacial score (nSPS) is 15.2. The van der Waals surface area contributed by atoms with Gasteiger partial charge in [0.05, 0.1) is 6.10 Å². The van der Waals surface area contributed by atoms with Gasteiger partial charge in [-0.15, -0.1) is 0 Å². The van der Waals surface area contributed by atoms with Crippen LogP contribution in [0.3, 0.4) is 0 Å². The highest BCUT2D eigenvalue weighted by Gasteiger charge is 2.31. The van der Waals surface area contributed by atoms with Gasteiger partial charge in [-0.25, -0.2) is 4.79 Å². The third-order valence-electron chi connectivity index (χ3n) is 4.32. The quantitative estimate of drug-likeness (QED) is 0.840. The van der Waals surface area contributed by atoms with E-state index in [-0.39, 0.29) is 11.9 Å². The Hall–Kier alpha value is -2.41. The Bertz CT molecular complexity index is 722. The number of aromatic nitrogens is 2. The lowest BCUT2D eigenvalue weighted by molar-refractivity contribution is 0.117. The molecule has 1 aliphatic rings. The van der Waals surface area contributed by atoms with Crippen LogP contribution in [0.5, 0.6) is 0 Å². The fraction of sp³-hybridized carbons (Fsp3) is 0.500. The van der Waals surface area contributed by atoms with Crippen molar-refractivity contribution in [2.24, 2.45) is 5.92 Å². The van der Waals surface area contributed by atoms with E-state index >= 15 is 0 Å². The number of aliphatic hydroxyl groups is 1. The number of rotatable bonds is 6. The van der Waals surface area contributed by atoms with Crippen LogP contribution in [-0.4, -0.2) is 45.9 Å². The van der Waals surface area contributed by atoms with Crippen molar-refractivity contribution >= 4 is 11.7 Å². The number of hydrogen-bond acceptors (Lipinski definition) is 5. The molecule has 25 heavy (non-hydrogen) atoms. The zero-order chi connectivity index (χ0) is 18.0. The lowest BCUT2D eigenvalue weighted by Crippen LogP contribution is -2.37. The zero-order valence-corrected chi connectivity index (χ0v) is 14.8. The van der Waals surface area contributed by atoms with Crippen LogP contribution in [0.25, 0.3) is 11.5 Å². The number of urea groups is 1. The summed E-state index contributed by atoms with van der Waals surface area (Å²) in [5.41, 5.74) is 1.47. The summed E-state index contributed by atoms with van der Waals surface area (Å²) in [5, 5.41) is 16.7. The second-order valence-corrected chi connectivity index (χ2v) is 6.91. The first-order chi connectivity index (χ1) is 11.9. The highest BCUT2D eigenvalue weighted by molar-refractivity contribution is 5.89. The average Bonchev–Trinajstić information content (AvgIpc) is 3.32. The second-order valence-electron chi connectivity index (χ2n) is 6.91. The van der Waals surface area contributed by atoms with Crippen LogP contribution in [0.1, 0.15) is 38.4 Å². The summed E-state index contributed by atoms with van der Waals surface area (Å²) in [6, 6.07) is 6.99. The Balaban J connectivity index is 1.58. The van der Waals surface area contributed by atoms with Gasteiger partial charge in [-0.2, -0.15) is 4.98 Å². The summed E-state index contributed by atoms with van der Waals surface area (Å²) < 4.78 is 5.26. The third-order valence-corrected chi connectivity index (χ3v) is 4.32. The van der Waals surface area contributed by atoms with Gasteiger partial charge in [-0.1, -0.05) is 19.0 Å². The van der Waals surface area contributed by atoms with Crippen molar-refractivity contribution in [3.05, 3.63) is 30.1 Å². The molecule has 1 heterocycles. The fourth-order valence-electron chi connectivity index (χ4n) is 2.50. The van der Waals surface area contributed by atoms with Gasteiger partial charge in [0, 0.05) is 30.8 Å². The van der Waals surface area contributed by atoms with Crippen molar-refractivity contribution in [3.8, 4) is 11.5 Å². The molecule has 7 heteroatoms. The van der Waals surface area contributed by atoms with E-state index in [0.29, 0.717) is 29.9 Å². The van der Waals surface area contributed by atoms with E-state index in [2.05, 4.69) is 15.5 Å². The lowest BCUT2D eigenvalue weighted by Gasteiger charge is -2.21. The second kappa shape index (κ2) is 7.23. The molecule has 3 rings (SSSR count). The summed E-state index contributed by atoms with van der Waals surface area (Å²) in [6.45, 7) is 4.35. The number of carbonyl (C=O) groups is 1. The molecule has 1 saturated carbocycles. The van der Waals surface area contributed by atoms with Crippen molar-refractivity contribution in [2.45, 2.75) is 38.7 Å². The summed E-state index contributed by atoms with van der Waals surface area (Å²) in [5.74, 6) is 1.69. The number of aliphatic hydroxyl groups excluding tert-OH is 1. The van der Waals surface area contributed by atoms with Crippen molar-refractivity contribution < 1.29 is 14.4 Å². The molecule has 2 amide bonds. The van der Waals surface area contributed by atoms with Crippen LogP contribution in [0.4, 0.5) is 10.5 Å². The molecule has 0 bridgehead atoms. The highest BCUT2D eigenvalue weighted by Crippen LogP contribution is 2.32. The molecule has 1 unspecified atom stereocenters. The van der Waals surface area contributed by atoms with Crippen LogP contribution in [-0.2, 0) is 0 Å². The van der Waals surface area contributed by atoms with Crippen molar-refractivity contribution in [1.82, 2.24) is 15.0 Å². The molecule has 0 aliphatic heterocycles. The minimum absolute atomic E-state index is 0.206. The smallest absolute Gasteiger partial charge is 0.321 e. The van der Waals surface area contributed by atoms with Crippen molar-refractivity contribution in [3.63, 3.8) is 0 Å². The molecule has 1 aliphatic carbocycles. The molecule has 1 aromatic carbocycles. The zero-order valence-electron chi connectivity index (χ0n) is 14.8. The van der Waals surface area contributed by atoms with Gasteiger partial charge in [0.25, 0.3) is 5.89 Å². The Morgan fingerprint density at radius 1 is 1.36 bits per heavy atom. The van der Waals surface area contributed by atoms with Crippen molar-refractivity contribution in [1.29, 1.82) is 0 Å². The Morgan fingerprint density at radius 2 is 2.04 bits per heavy atom. The summed E-state index contributed by atoms with van der Waals surface area (Å²) in [4.78, 5) is 18.0. The molecule has 0 radical (unpaired) electrons. The number of likely N-dealkylation sites (N-methyl/N-ethyl adjacent to an activating group) is 1. The Kier molecular flexibility index (Phi) is 5.03. The van der Waals surface area contributed by atoms with Crippen LogP contribution in [0, 0.1) is 5.92 Å². The summed E-state index contributed by atoms with van der Waals surface area (Å²) >= 11 is 0. The number of carbonyl (C=O) groups excluding carboxylic acids is 1. The van der Waals surface area contributed by atoms with Gasteiger partial charge in [0.2, 0.25) is 0 Å². The molecule has 7 nitrogen and oxygen atoms in total. The maximum atomic E-state index is 12.2. The molecule has 0 spiro atoms. The van der Waals surface area contributed by atoms with Gasteiger partial charge in [0.15, 0.2) is 5.82 Å². The van der Waals surface area contributed by atoms with Crippen LogP contribution in [0.2, 0.25) is 0 Å². The molecular formula is C18H24N4O3. The summed E-state index contributed by atoms with van der Waals surface area (Å²) in [7, 11) is 1.68. The number of anilines is 1. The fourth-order valence-corrected chi connectivity index (χ4v) is 2.50. The van der Waals surface area contributed by atoms with Crippen LogP contribution in [0.15, 0.2) is 28.8 Å². The van der Waals surface area contributed by atoms with Crippen LogP contribution >= 0.6 is 0 Å². The van der Waals surface area contributed by atoms with Gasteiger partial charge in [-0.3, -0.25) is 0 Å². The molecule has 0 saturated heterocycles. The average molecular weight is 344 g/mol. The van der Waals surface area contributed by atoms with E-state index in [1.54, 1.807) is 19.2 Å². The molecule has 1 aromatic heterocycles. The first-order valence-electron chi connectivity index (χ1n) is 8.58. The van der Waals surface area contributed by atoms with E-state index in [1.165, 1.54) is 4.90 Å². The van der Waals surface area contributed by atoms with E-state index in [1.807, 2.05) is 26.0 Å². The number of benzene rings is 1. The van der Waals surface area contributed by atoms with Gasteiger partial charge in [0.1, 0.15) is 0 Å². The van der Waals surface area contributed by atoms with Gasteiger partial charge >= 0.3 is 6.03 Å². The topological polar surface area (TPSA) is 91.5 Å². The summed E-state index contributed by atoms with van der Waals surface area (Å²) in [6.07, 6.45) is 1.66. The first-order valence-corrected chi connectivity index (χ1v) is 8.58. The number of nitrogens with one attached hydrogen (secondary N) is 1. The van der Waals surface area contributed by atoms with Crippen LogP contribution < -0.4 is 5.32 Å². The number of nitrogens with zero attached hydrogens (tertiary/aromatic N) is 3. The first kappa shape index (κ1) is 17.4. The maximum absolute atomic E-state index is 12.2. The SMILES string of the molecule is CC(C)c1noc(-c2ccc(NC(=O)N(C)CC(O)C3CC3)cc2)n1. The molecule has 1 atom stereocenters. The standard InChI is InChI=1S/C18H24N4O3/c1-11(2)16-20-17(25-21-16)13-6-8-14(9-7-13)19-18(24)22(3)10-15(23)12-4-5-12/h6-9,11-12,15,23H,4-5,10H2,1-3H3,(H,19,24). The molecule has 2 aromatic rings. The van der Waals surface area contributed by atoms with Gasteiger partial charge in [-0.05, 0) is 43.0 Å². The Morgan fingerprint density at radius 3 is 2.60 bits per heavy atom. The number of hydrogen-bond donors (Lipinski definition) is 2. The number of amides is 2. The lowest BCUT2D eigenvalue weighted by atomic mass is 10.2. The minimum atomic E-state index is -0.439. The largest absolute Gasteiger partial charge is 0.391 e. The molecule has 2 N–H and O–H groups in total.